The number of H-pyrrole nitrogens is 1. The van der Waals surface area contributed by atoms with Crippen LogP contribution in [0.5, 0.6) is 0 Å². The zero-order chi connectivity index (χ0) is 10.8. The van der Waals surface area contributed by atoms with Crippen molar-refractivity contribution in [1.82, 2.24) is 4.98 Å². The van der Waals surface area contributed by atoms with Crippen LogP contribution in [0.15, 0.2) is 41.3 Å². The molecule has 0 amide bonds. The van der Waals surface area contributed by atoms with E-state index in [1.54, 1.807) is 12.3 Å². The van der Waals surface area contributed by atoms with Crippen LogP contribution in [0, 0.1) is 6.92 Å². The Labute approximate surface area is 92.5 Å². The predicted molar refractivity (Wildman–Crippen MR) is 62.2 cm³/mol. The number of aromatic nitrogens is 1. The van der Waals surface area contributed by atoms with Gasteiger partial charge in [-0.25, -0.2) is 0 Å². The number of rotatable bonds is 1. The number of pyridine rings is 1. The summed E-state index contributed by atoms with van der Waals surface area (Å²) < 4.78 is 0. The van der Waals surface area contributed by atoms with Gasteiger partial charge in [-0.15, -0.1) is 0 Å². The fraction of sp³-hybridized carbons (Fsp3) is 0.0833. The van der Waals surface area contributed by atoms with E-state index in [1.165, 1.54) is 6.07 Å². The van der Waals surface area contributed by atoms with Crippen LogP contribution in [-0.4, -0.2) is 4.98 Å². The van der Waals surface area contributed by atoms with Gasteiger partial charge in [-0.1, -0.05) is 23.2 Å². The highest BCUT2D eigenvalue weighted by atomic mass is 35.5. The number of halogens is 1. The summed E-state index contributed by atoms with van der Waals surface area (Å²) >= 11 is 6.08. The van der Waals surface area contributed by atoms with Crippen molar-refractivity contribution in [1.29, 1.82) is 0 Å². The van der Waals surface area contributed by atoms with Crippen molar-refractivity contribution in [2.75, 3.05) is 0 Å². The molecule has 0 radical (unpaired) electrons. The van der Waals surface area contributed by atoms with Crippen LogP contribution in [0.25, 0.3) is 11.1 Å². The molecule has 1 heterocycles. The fourth-order valence-corrected chi connectivity index (χ4v) is 1.67. The minimum absolute atomic E-state index is 0.109. The van der Waals surface area contributed by atoms with E-state index in [9.17, 15) is 4.79 Å². The Balaban J connectivity index is 2.58. The van der Waals surface area contributed by atoms with Crippen molar-refractivity contribution in [2.24, 2.45) is 0 Å². The minimum Gasteiger partial charge on any atom is -0.328 e. The van der Waals surface area contributed by atoms with Crippen LogP contribution < -0.4 is 5.56 Å². The third-order valence-electron chi connectivity index (χ3n) is 2.22. The smallest absolute Gasteiger partial charge is 0.247 e. The molecule has 76 valence electrons. The molecule has 0 saturated heterocycles. The van der Waals surface area contributed by atoms with Crippen molar-refractivity contribution in [3.05, 3.63) is 57.5 Å². The number of hydrogen-bond donors (Lipinski definition) is 1. The molecule has 0 aliphatic heterocycles. The van der Waals surface area contributed by atoms with Crippen molar-refractivity contribution < 1.29 is 0 Å². The lowest BCUT2D eigenvalue weighted by molar-refractivity contribution is 1.24. The van der Waals surface area contributed by atoms with E-state index >= 15 is 0 Å². The Kier molecular flexibility index (Phi) is 2.60. The third-order valence-corrected chi connectivity index (χ3v) is 2.55. The van der Waals surface area contributed by atoms with Crippen LogP contribution in [0.4, 0.5) is 0 Å². The molecule has 0 saturated carbocycles. The van der Waals surface area contributed by atoms with E-state index in [0.29, 0.717) is 5.02 Å². The first kappa shape index (κ1) is 9.99. The number of nitrogens with one attached hydrogen (secondary N) is 1. The molecule has 2 rings (SSSR count). The average Bonchev–Trinajstić information content (AvgIpc) is 2.23. The van der Waals surface area contributed by atoms with Crippen molar-refractivity contribution >= 4 is 11.6 Å². The molecule has 0 unspecified atom stereocenters. The number of benzene rings is 1. The van der Waals surface area contributed by atoms with Gasteiger partial charge in [0.1, 0.15) is 0 Å². The summed E-state index contributed by atoms with van der Waals surface area (Å²) in [6.45, 7) is 2.01. The van der Waals surface area contributed by atoms with Crippen LogP contribution in [0.3, 0.4) is 0 Å². The highest BCUT2D eigenvalue weighted by Crippen LogP contribution is 2.27. The predicted octanol–water partition coefficient (Wildman–Crippen LogP) is 3.00. The van der Waals surface area contributed by atoms with Crippen molar-refractivity contribution in [3.8, 4) is 11.1 Å². The molecule has 15 heavy (non-hydrogen) atoms. The van der Waals surface area contributed by atoms with Gasteiger partial charge in [0.2, 0.25) is 5.56 Å². The second-order valence-electron chi connectivity index (χ2n) is 3.42. The topological polar surface area (TPSA) is 32.9 Å². The second-order valence-corrected chi connectivity index (χ2v) is 3.83. The van der Waals surface area contributed by atoms with Gasteiger partial charge in [-0.3, -0.25) is 4.79 Å². The molecule has 0 atom stereocenters. The quantitative estimate of drug-likeness (QED) is 0.786. The Morgan fingerprint density at radius 1 is 1.20 bits per heavy atom. The maximum atomic E-state index is 10.9. The first-order valence-electron chi connectivity index (χ1n) is 4.62. The lowest BCUT2D eigenvalue weighted by Crippen LogP contribution is -2.01. The molecule has 0 bridgehead atoms. The van der Waals surface area contributed by atoms with E-state index in [1.807, 2.05) is 25.1 Å². The van der Waals surface area contributed by atoms with Gasteiger partial charge < -0.3 is 4.98 Å². The van der Waals surface area contributed by atoms with Gasteiger partial charge in [0, 0.05) is 22.8 Å². The van der Waals surface area contributed by atoms with Crippen LogP contribution in [0.2, 0.25) is 5.02 Å². The van der Waals surface area contributed by atoms with E-state index in [2.05, 4.69) is 4.98 Å². The minimum atomic E-state index is -0.109. The highest BCUT2D eigenvalue weighted by Gasteiger charge is 2.03. The molecule has 2 aromatic rings. The Morgan fingerprint density at radius 2 is 2.00 bits per heavy atom. The lowest BCUT2D eigenvalue weighted by Gasteiger charge is -2.04. The Hall–Kier alpha value is -1.54. The molecule has 1 N–H and O–H groups in total. The van der Waals surface area contributed by atoms with Crippen molar-refractivity contribution in [3.63, 3.8) is 0 Å². The molecule has 0 spiro atoms. The van der Waals surface area contributed by atoms with Gasteiger partial charge in [0.25, 0.3) is 0 Å². The van der Waals surface area contributed by atoms with Gasteiger partial charge in [-0.2, -0.15) is 0 Å². The van der Waals surface area contributed by atoms with E-state index < -0.39 is 0 Å². The summed E-state index contributed by atoms with van der Waals surface area (Å²) in [5.74, 6) is 0. The summed E-state index contributed by atoms with van der Waals surface area (Å²) in [7, 11) is 0. The summed E-state index contributed by atoms with van der Waals surface area (Å²) in [5.41, 5.74) is 2.89. The molecular formula is C12H10ClNO. The van der Waals surface area contributed by atoms with Crippen molar-refractivity contribution in [2.45, 2.75) is 6.92 Å². The third kappa shape index (κ3) is 2.10. The molecule has 0 aliphatic carbocycles. The SMILES string of the molecule is Cc1ccc(Cl)c(-c2ccc(=O)[nH]c2)c1. The van der Waals surface area contributed by atoms with E-state index in [-0.39, 0.29) is 5.56 Å². The average molecular weight is 220 g/mol. The van der Waals surface area contributed by atoms with Gasteiger partial charge in [0.15, 0.2) is 0 Å². The largest absolute Gasteiger partial charge is 0.328 e. The van der Waals surface area contributed by atoms with Gasteiger partial charge in [-0.05, 0) is 30.7 Å². The summed E-state index contributed by atoms with van der Waals surface area (Å²) in [6, 6.07) is 9.07. The summed E-state index contributed by atoms with van der Waals surface area (Å²) in [4.78, 5) is 13.5. The van der Waals surface area contributed by atoms with E-state index in [0.717, 1.165) is 16.7 Å². The molecule has 1 aromatic carbocycles. The maximum Gasteiger partial charge on any atom is 0.247 e. The monoisotopic (exact) mass is 219 g/mol. The fourth-order valence-electron chi connectivity index (χ4n) is 1.44. The van der Waals surface area contributed by atoms with E-state index in [4.69, 9.17) is 11.6 Å². The molecule has 0 fully saturated rings. The molecule has 0 aliphatic rings. The Bertz CT molecular complexity index is 525. The van der Waals surface area contributed by atoms with Crippen LogP contribution in [0.1, 0.15) is 5.56 Å². The second kappa shape index (κ2) is 3.91. The molecule has 3 heteroatoms. The standard InChI is InChI=1S/C12H10ClNO/c1-8-2-4-11(13)10(6-8)9-3-5-12(15)14-7-9/h2-7H,1H3,(H,14,15). The molecule has 1 aromatic heterocycles. The highest BCUT2D eigenvalue weighted by molar-refractivity contribution is 6.33. The zero-order valence-corrected chi connectivity index (χ0v) is 9.01. The number of hydrogen-bond acceptors (Lipinski definition) is 1. The first-order valence-corrected chi connectivity index (χ1v) is 5.00. The van der Waals surface area contributed by atoms with Crippen LogP contribution >= 0.6 is 11.6 Å². The summed E-state index contributed by atoms with van der Waals surface area (Å²) in [5, 5.41) is 0.688. The molecular weight excluding hydrogens is 210 g/mol. The molecule has 2 nitrogen and oxygen atoms in total. The Morgan fingerprint density at radius 3 is 2.67 bits per heavy atom. The lowest BCUT2D eigenvalue weighted by atomic mass is 10.1. The van der Waals surface area contributed by atoms with Gasteiger partial charge >= 0.3 is 0 Å². The summed E-state index contributed by atoms with van der Waals surface area (Å²) in [6.07, 6.45) is 1.67. The number of aryl methyl sites for hydroxylation is 1. The van der Waals surface area contributed by atoms with Gasteiger partial charge in [0.05, 0.1) is 0 Å². The zero-order valence-electron chi connectivity index (χ0n) is 8.25. The maximum absolute atomic E-state index is 10.9. The van der Waals surface area contributed by atoms with Crippen LogP contribution in [-0.2, 0) is 0 Å². The number of aromatic amines is 1. The first-order chi connectivity index (χ1) is 7.16. The normalized spacial score (nSPS) is 10.3.